The van der Waals surface area contributed by atoms with E-state index >= 15 is 0 Å². The summed E-state index contributed by atoms with van der Waals surface area (Å²) in [6.07, 6.45) is -3.52. The molecular formula is C6H11F3. The van der Waals surface area contributed by atoms with Crippen molar-refractivity contribution in [3.8, 4) is 0 Å². The van der Waals surface area contributed by atoms with Crippen molar-refractivity contribution in [3.63, 3.8) is 0 Å². The van der Waals surface area contributed by atoms with Crippen LogP contribution in [0.2, 0.25) is 0 Å². The van der Waals surface area contributed by atoms with Crippen LogP contribution in [0.15, 0.2) is 0 Å². The second-order valence-electron chi connectivity index (χ2n) is 2.01. The molecule has 0 aromatic heterocycles. The fraction of sp³-hybridized carbons (Fsp3) is 1.00. The molecular weight excluding hydrogens is 129 g/mol. The predicted octanol–water partition coefficient (Wildman–Crippen LogP) is 2.78. The summed E-state index contributed by atoms with van der Waals surface area (Å²) in [6, 6.07) is 0. The van der Waals surface area contributed by atoms with Gasteiger partial charge in [0.15, 0.2) is 0 Å². The highest BCUT2D eigenvalue weighted by Crippen LogP contribution is 2.11. The first-order valence-electron chi connectivity index (χ1n) is 3.09. The van der Waals surface area contributed by atoms with Crippen LogP contribution in [0.25, 0.3) is 0 Å². The van der Waals surface area contributed by atoms with Crippen molar-refractivity contribution in [1.82, 2.24) is 0 Å². The Balaban J connectivity index is 3.15. The van der Waals surface area contributed by atoms with Gasteiger partial charge in [0.2, 0.25) is 6.43 Å². The molecule has 9 heavy (non-hydrogen) atoms. The normalized spacial score (nSPS) is 14.3. The molecule has 0 aliphatic carbocycles. The third kappa shape index (κ3) is 5.66. The Bertz CT molecular complexity index is 63.3. The standard InChI is InChI=1S/C6H11F3/c1-2-3-5(7)4-6(8)9/h5-6H,2-4H2,1H3/t5-/m0/s1. The van der Waals surface area contributed by atoms with Crippen LogP contribution >= 0.6 is 0 Å². The minimum Gasteiger partial charge on any atom is -0.247 e. The summed E-state index contributed by atoms with van der Waals surface area (Å²) in [6.45, 7) is 1.78. The zero-order valence-corrected chi connectivity index (χ0v) is 5.41. The van der Waals surface area contributed by atoms with Crippen LogP contribution in [0.5, 0.6) is 0 Å². The van der Waals surface area contributed by atoms with Crippen LogP contribution in [0.3, 0.4) is 0 Å². The number of rotatable bonds is 4. The first kappa shape index (κ1) is 8.79. The molecule has 0 rings (SSSR count). The summed E-state index contributed by atoms with van der Waals surface area (Å²) >= 11 is 0. The Morgan fingerprint density at radius 3 is 2.11 bits per heavy atom. The van der Waals surface area contributed by atoms with E-state index in [0.717, 1.165) is 0 Å². The van der Waals surface area contributed by atoms with Gasteiger partial charge in [-0.05, 0) is 6.42 Å². The molecule has 3 heteroatoms. The molecule has 0 radical (unpaired) electrons. The second-order valence-corrected chi connectivity index (χ2v) is 2.01. The van der Waals surface area contributed by atoms with E-state index in [0.29, 0.717) is 6.42 Å². The lowest BCUT2D eigenvalue weighted by atomic mass is 10.2. The Hall–Kier alpha value is -0.210. The van der Waals surface area contributed by atoms with E-state index in [1.165, 1.54) is 0 Å². The van der Waals surface area contributed by atoms with Crippen molar-refractivity contribution >= 4 is 0 Å². The van der Waals surface area contributed by atoms with Gasteiger partial charge >= 0.3 is 0 Å². The van der Waals surface area contributed by atoms with Crippen LogP contribution in [-0.4, -0.2) is 12.6 Å². The van der Waals surface area contributed by atoms with Crippen LogP contribution in [0, 0.1) is 0 Å². The van der Waals surface area contributed by atoms with Crippen LogP contribution in [0.1, 0.15) is 26.2 Å². The number of hydrogen-bond donors (Lipinski definition) is 0. The molecule has 0 heterocycles. The Morgan fingerprint density at radius 2 is 1.78 bits per heavy atom. The van der Waals surface area contributed by atoms with E-state index < -0.39 is 19.0 Å². The summed E-state index contributed by atoms with van der Waals surface area (Å²) in [5, 5.41) is 0. The highest BCUT2D eigenvalue weighted by Gasteiger charge is 2.11. The van der Waals surface area contributed by atoms with Gasteiger partial charge in [0, 0.05) is 6.42 Å². The maximum atomic E-state index is 12.2. The molecule has 0 bridgehead atoms. The molecule has 0 aromatic carbocycles. The summed E-state index contributed by atoms with van der Waals surface area (Å²) in [5.74, 6) is 0. The molecule has 0 N–H and O–H groups in total. The molecule has 1 atom stereocenters. The van der Waals surface area contributed by atoms with Crippen LogP contribution in [-0.2, 0) is 0 Å². The number of hydrogen-bond acceptors (Lipinski definition) is 0. The third-order valence-electron chi connectivity index (χ3n) is 1.04. The first-order valence-corrected chi connectivity index (χ1v) is 3.09. The molecule has 0 fully saturated rings. The number of halogens is 3. The minimum absolute atomic E-state index is 0.254. The highest BCUT2D eigenvalue weighted by molar-refractivity contribution is 4.55. The van der Waals surface area contributed by atoms with E-state index in [4.69, 9.17) is 0 Å². The molecule has 0 saturated carbocycles. The van der Waals surface area contributed by atoms with Crippen molar-refractivity contribution < 1.29 is 13.2 Å². The maximum Gasteiger partial charge on any atom is 0.241 e. The SMILES string of the molecule is CCC[C@H](F)CC(F)F. The molecule has 0 nitrogen and oxygen atoms in total. The molecule has 0 aliphatic heterocycles. The monoisotopic (exact) mass is 140 g/mol. The van der Waals surface area contributed by atoms with Crippen molar-refractivity contribution in [3.05, 3.63) is 0 Å². The van der Waals surface area contributed by atoms with Gasteiger partial charge in [0.1, 0.15) is 6.17 Å². The summed E-state index contributed by atoms with van der Waals surface area (Å²) < 4.78 is 34.9. The van der Waals surface area contributed by atoms with Gasteiger partial charge in [-0.3, -0.25) is 0 Å². The van der Waals surface area contributed by atoms with E-state index in [1.54, 1.807) is 6.92 Å². The molecule has 56 valence electrons. The van der Waals surface area contributed by atoms with Gasteiger partial charge < -0.3 is 0 Å². The topological polar surface area (TPSA) is 0 Å². The van der Waals surface area contributed by atoms with E-state index in [-0.39, 0.29) is 6.42 Å². The molecule has 0 amide bonds. The molecule has 0 aromatic rings. The molecule has 0 saturated heterocycles. The fourth-order valence-corrected chi connectivity index (χ4v) is 0.624. The summed E-state index contributed by atoms with van der Waals surface area (Å²) in [5.41, 5.74) is 0. The van der Waals surface area contributed by atoms with Crippen molar-refractivity contribution in [1.29, 1.82) is 0 Å². The first-order chi connectivity index (χ1) is 4.16. The molecule has 0 unspecified atom stereocenters. The van der Waals surface area contributed by atoms with Crippen LogP contribution in [0.4, 0.5) is 13.2 Å². The Kier molecular flexibility index (Phi) is 4.54. The van der Waals surface area contributed by atoms with Gasteiger partial charge in [-0.2, -0.15) is 0 Å². The average molecular weight is 140 g/mol. The smallest absolute Gasteiger partial charge is 0.241 e. The van der Waals surface area contributed by atoms with E-state index in [2.05, 4.69) is 0 Å². The molecule has 0 spiro atoms. The van der Waals surface area contributed by atoms with E-state index in [1.807, 2.05) is 0 Å². The van der Waals surface area contributed by atoms with Crippen molar-refractivity contribution in [2.75, 3.05) is 0 Å². The second kappa shape index (κ2) is 4.65. The minimum atomic E-state index is -2.49. The maximum absolute atomic E-state index is 12.2. The molecule has 0 aliphatic rings. The van der Waals surface area contributed by atoms with Gasteiger partial charge in [0.05, 0.1) is 0 Å². The van der Waals surface area contributed by atoms with E-state index in [9.17, 15) is 13.2 Å². The third-order valence-corrected chi connectivity index (χ3v) is 1.04. The highest BCUT2D eigenvalue weighted by atomic mass is 19.3. The summed E-state index contributed by atoms with van der Waals surface area (Å²) in [7, 11) is 0. The van der Waals surface area contributed by atoms with Crippen molar-refractivity contribution in [2.45, 2.75) is 38.8 Å². The summed E-state index contributed by atoms with van der Waals surface area (Å²) in [4.78, 5) is 0. The zero-order valence-electron chi connectivity index (χ0n) is 5.41. The van der Waals surface area contributed by atoms with Gasteiger partial charge in [-0.25, -0.2) is 13.2 Å². The average Bonchev–Trinajstić information content (AvgIpc) is 1.63. The lowest BCUT2D eigenvalue weighted by molar-refractivity contribution is 0.0973. The van der Waals surface area contributed by atoms with Gasteiger partial charge in [-0.15, -0.1) is 0 Å². The number of alkyl halides is 3. The lowest BCUT2D eigenvalue weighted by Gasteiger charge is -2.03. The Labute approximate surface area is 53.1 Å². The Morgan fingerprint density at radius 1 is 1.22 bits per heavy atom. The van der Waals surface area contributed by atoms with Crippen LogP contribution < -0.4 is 0 Å². The van der Waals surface area contributed by atoms with Crippen molar-refractivity contribution in [2.24, 2.45) is 0 Å². The largest absolute Gasteiger partial charge is 0.247 e. The fourth-order valence-electron chi connectivity index (χ4n) is 0.624. The quantitative estimate of drug-likeness (QED) is 0.563. The van der Waals surface area contributed by atoms with Gasteiger partial charge in [0.25, 0.3) is 0 Å². The van der Waals surface area contributed by atoms with Gasteiger partial charge in [-0.1, -0.05) is 13.3 Å². The lowest BCUT2D eigenvalue weighted by Crippen LogP contribution is -2.05. The zero-order chi connectivity index (χ0) is 7.28. The predicted molar refractivity (Wildman–Crippen MR) is 30.4 cm³/mol.